The van der Waals surface area contributed by atoms with Crippen molar-refractivity contribution in [1.29, 1.82) is 0 Å². The molecule has 0 spiro atoms. The second kappa shape index (κ2) is 4.22. The van der Waals surface area contributed by atoms with Crippen molar-refractivity contribution in [2.24, 2.45) is 5.73 Å². The average molecular weight is 251 g/mol. The van der Waals surface area contributed by atoms with Gasteiger partial charge in [0.2, 0.25) is 5.91 Å². The molecule has 2 rings (SSSR count). The van der Waals surface area contributed by atoms with Crippen molar-refractivity contribution in [1.82, 2.24) is 4.98 Å². The van der Waals surface area contributed by atoms with Crippen LogP contribution in [0.3, 0.4) is 0 Å². The smallest absolute Gasteiger partial charge is 0.223 e. The average Bonchev–Trinajstić information content (AvgIpc) is 2.26. The summed E-state index contributed by atoms with van der Waals surface area (Å²) in [7, 11) is 0. The molecule has 2 aromatic rings. The molecule has 0 radical (unpaired) electrons. The van der Waals surface area contributed by atoms with Gasteiger partial charge in [-0.05, 0) is 25.1 Å². The van der Waals surface area contributed by atoms with Crippen LogP contribution < -0.4 is 11.2 Å². The molecule has 0 aliphatic carbocycles. The highest BCUT2D eigenvalue weighted by Crippen LogP contribution is 2.16. The maximum Gasteiger partial charge on any atom is 0.223 e. The highest BCUT2D eigenvalue weighted by molar-refractivity contribution is 6.31. The van der Waals surface area contributed by atoms with Crippen molar-refractivity contribution in [3.63, 3.8) is 0 Å². The van der Waals surface area contributed by atoms with E-state index in [-0.39, 0.29) is 11.8 Å². The van der Waals surface area contributed by atoms with E-state index >= 15 is 0 Å². The summed E-state index contributed by atoms with van der Waals surface area (Å²) in [4.78, 5) is 26.0. The third-order valence-corrected chi connectivity index (χ3v) is 2.89. The number of fused-ring (bicyclic) bond motifs is 1. The molecule has 0 saturated carbocycles. The zero-order valence-electron chi connectivity index (χ0n) is 9.21. The molecule has 0 fully saturated rings. The van der Waals surface area contributed by atoms with Crippen LogP contribution in [0.4, 0.5) is 0 Å². The van der Waals surface area contributed by atoms with Gasteiger partial charge in [0.1, 0.15) is 0 Å². The van der Waals surface area contributed by atoms with Gasteiger partial charge in [-0.2, -0.15) is 0 Å². The molecule has 0 aliphatic heterocycles. The number of carbonyl (C=O) groups is 1. The number of pyridine rings is 1. The lowest BCUT2D eigenvalue weighted by Gasteiger charge is -2.06. The number of hydrogen-bond acceptors (Lipinski definition) is 2. The van der Waals surface area contributed by atoms with Gasteiger partial charge < -0.3 is 10.7 Å². The summed E-state index contributed by atoms with van der Waals surface area (Å²) in [5, 5.41) is 1.02. The highest BCUT2D eigenvalue weighted by atomic mass is 35.5. The maximum atomic E-state index is 12.1. The number of nitrogens with two attached hydrogens (primary N) is 1. The normalized spacial score (nSPS) is 10.7. The van der Waals surface area contributed by atoms with Gasteiger partial charge in [-0.15, -0.1) is 0 Å². The number of aromatic amines is 1. The zero-order valence-corrected chi connectivity index (χ0v) is 9.97. The van der Waals surface area contributed by atoms with Crippen LogP contribution in [0.25, 0.3) is 10.9 Å². The number of nitrogens with one attached hydrogen (secondary N) is 1. The quantitative estimate of drug-likeness (QED) is 0.848. The Morgan fingerprint density at radius 1 is 1.47 bits per heavy atom. The molecule has 1 aromatic heterocycles. The van der Waals surface area contributed by atoms with Crippen molar-refractivity contribution >= 4 is 28.4 Å². The molecule has 1 heterocycles. The van der Waals surface area contributed by atoms with Crippen LogP contribution in [0, 0.1) is 6.92 Å². The number of carbonyl (C=O) groups excluding carboxylic acids is 1. The van der Waals surface area contributed by atoms with Crippen LogP contribution in [0.15, 0.2) is 23.0 Å². The first-order valence-electron chi connectivity index (χ1n) is 5.08. The standard InChI is InChI=1S/C12H11ClN2O2/c1-6-10(5-11(14)16)15-9-3-2-7(13)4-8(9)12(6)17/h2-4H,5H2,1H3,(H2,14,16)(H,15,17). The topological polar surface area (TPSA) is 76.0 Å². The van der Waals surface area contributed by atoms with Crippen LogP contribution >= 0.6 is 11.6 Å². The first-order valence-corrected chi connectivity index (χ1v) is 5.46. The van der Waals surface area contributed by atoms with Crippen LogP contribution in [-0.4, -0.2) is 10.9 Å². The minimum atomic E-state index is -0.475. The van der Waals surface area contributed by atoms with Crippen molar-refractivity contribution in [2.45, 2.75) is 13.3 Å². The molecule has 3 N–H and O–H groups in total. The molecule has 88 valence electrons. The Morgan fingerprint density at radius 2 is 2.18 bits per heavy atom. The first kappa shape index (κ1) is 11.7. The number of aromatic nitrogens is 1. The monoisotopic (exact) mass is 250 g/mol. The summed E-state index contributed by atoms with van der Waals surface area (Å²) in [5.41, 5.74) is 6.71. The molecule has 0 unspecified atom stereocenters. The van der Waals surface area contributed by atoms with E-state index in [1.165, 1.54) is 0 Å². The number of H-pyrrole nitrogens is 1. The fourth-order valence-corrected chi connectivity index (χ4v) is 1.93. The number of rotatable bonds is 2. The number of halogens is 1. The van der Waals surface area contributed by atoms with Gasteiger partial charge in [-0.1, -0.05) is 11.6 Å². The Bertz CT molecular complexity index is 661. The van der Waals surface area contributed by atoms with Crippen LogP contribution in [0.1, 0.15) is 11.3 Å². The summed E-state index contributed by atoms with van der Waals surface area (Å²) >= 11 is 5.84. The third kappa shape index (κ3) is 2.17. The summed E-state index contributed by atoms with van der Waals surface area (Å²) in [6.07, 6.45) is 0.0274. The summed E-state index contributed by atoms with van der Waals surface area (Å²) in [6.45, 7) is 1.66. The van der Waals surface area contributed by atoms with E-state index in [2.05, 4.69) is 4.98 Å². The number of amides is 1. The molecule has 0 aliphatic rings. The predicted octanol–water partition coefficient (Wildman–Crippen LogP) is 1.52. The molecule has 5 heteroatoms. The SMILES string of the molecule is Cc1c(CC(N)=O)[nH]c2ccc(Cl)cc2c1=O. The van der Waals surface area contributed by atoms with Crippen molar-refractivity contribution in [2.75, 3.05) is 0 Å². The highest BCUT2D eigenvalue weighted by Gasteiger charge is 2.10. The molecule has 4 nitrogen and oxygen atoms in total. The Balaban J connectivity index is 2.75. The molecular weight excluding hydrogens is 240 g/mol. The van der Waals surface area contributed by atoms with E-state index in [1.807, 2.05) is 0 Å². The third-order valence-electron chi connectivity index (χ3n) is 2.66. The lowest BCUT2D eigenvalue weighted by atomic mass is 10.1. The van der Waals surface area contributed by atoms with E-state index in [9.17, 15) is 9.59 Å². The molecule has 0 saturated heterocycles. The minimum absolute atomic E-state index is 0.0274. The Kier molecular flexibility index (Phi) is 2.90. The molecule has 0 atom stereocenters. The van der Waals surface area contributed by atoms with E-state index in [0.29, 0.717) is 27.2 Å². The molecule has 17 heavy (non-hydrogen) atoms. The van der Waals surface area contributed by atoms with Gasteiger partial charge in [0.25, 0.3) is 0 Å². The van der Waals surface area contributed by atoms with E-state index < -0.39 is 5.91 Å². The first-order chi connectivity index (χ1) is 7.99. The largest absolute Gasteiger partial charge is 0.369 e. The van der Waals surface area contributed by atoms with E-state index in [4.69, 9.17) is 17.3 Å². The number of hydrogen-bond donors (Lipinski definition) is 2. The summed E-state index contributed by atoms with van der Waals surface area (Å²) in [6, 6.07) is 5.00. The van der Waals surface area contributed by atoms with Crippen molar-refractivity contribution in [3.8, 4) is 0 Å². The molecule has 1 amide bonds. The fraction of sp³-hybridized carbons (Fsp3) is 0.167. The Labute approximate surface area is 102 Å². The fourth-order valence-electron chi connectivity index (χ4n) is 1.76. The van der Waals surface area contributed by atoms with Crippen LogP contribution in [0.5, 0.6) is 0 Å². The number of primary amides is 1. The van der Waals surface area contributed by atoms with Gasteiger partial charge in [0, 0.05) is 27.2 Å². The van der Waals surface area contributed by atoms with Gasteiger partial charge in [-0.25, -0.2) is 0 Å². The number of benzene rings is 1. The molecule has 1 aromatic carbocycles. The second-order valence-corrected chi connectivity index (χ2v) is 4.33. The lowest BCUT2D eigenvalue weighted by molar-refractivity contribution is -0.117. The van der Waals surface area contributed by atoms with E-state index in [1.54, 1.807) is 25.1 Å². The summed E-state index contributed by atoms with van der Waals surface area (Å²) in [5.74, 6) is -0.475. The van der Waals surface area contributed by atoms with Crippen LogP contribution in [-0.2, 0) is 11.2 Å². The summed E-state index contributed by atoms with van der Waals surface area (Å²) < 4.78 is 0. The molecular formula is C12H11ClN2O2. The Morgan fingerprint density at radius 3 is 2.82 bits per heavy atom. The zero-order chi connectivity index (χ0) is 12.6. The van der Waals surface area contributed by atoms with Gasteiger partial charge in [0.15, 0.2) is 5.43 Å². The van der Waals surface area contributed by atoms with Crippen LogP contribution in [0.2, 0.25) is 5.02 Å². The Hall–Kier alpha value is -1.81. The van der Waals surface area contributed by atoms with E-state index in [0.717, 1.165) is 0 Å². The van der Waals surface area contributed by atoms with Crippen molar-refractivity contribution < 1.29 is 4.79 Å². The second-order valence-electron chi connectivity index (χ2n) is 3.89. The van der Waals surface area contributed by atoms with Gasteiger partial charge >= 0.3 is 0 Å². The lowest BCUT2D eigenvalue weighted by Crippen LogP contribution is -2.19. The van der Waals surface area contributed by atoms with Crippen molar-refractivity contribution in [3.05, 3.63) is 44.7 Å². The van der Waals surface area contributed by atoms with Gasteiger partial charge in [0.05, 0.1) is 6.42 Å². The predicted molar refractivity (Wildman–Crippen MR) is 67.2 cm³/mol. The minimum Gasteiger partial charge on any atom is -0.369 e. The maximum absolute atomic E-state index is 12.1. The molecule has 0 bridgehead atoms. The van der Waals surface area contributed by atoms with Gasteiger partial charge in [-0.3, -0.25) is 9.59 Å².